The minimum atomic E-state index is -0.176. The molecule has 4 heteroatoms. The predicted octanol–water partition coefficient (Wildman–Crippen LogP) is 3.93. The standard InChI is InChI=1S/C17H16FN3/c1-13-10-15(4-7-17(13)18)20-11-14-2-5-16(6-3-14)21-9-8-19-12-21/h2-10,12,20H,11H2,1H3. The maximum Gasteiger partial charge on any atom is 0.126 e. The molecular formula is C17H16FN3. The van der Waals surface area contributed by atoms with Crippen molar-refractivity contribution in [1.82, 2.24) is 9.55 Å². The Bertz CT molecular complexity index is 718. The number of hydrogen-bond donors (Lipinski definition) is 1. The molecule has 21 heavy (non-hydrogen) atoms. The fourth-order valence-corrected chi connectivity index (χ4v) is 2.16. The number of anilines is 1. The van der Waals surface area contributed by atoms with Gasteiger partial charge in [0.15, 0.2) is 0 Å². The number of aryl methyl sites for hydroxylation is 1. The van der Waals surface area contributed by atoms with Crippen LogP contribution in [0.2, 0.25) is 0 Å². The third kappa shape index (κ3) is 3.11. The van der Waals surface area contributed by atoms with E-state index in [-0.39, 0.29) is 5.82 Å². The van der Waals surface area contributed by atoms with E-state index in [0.29, 0.717) is 12.1 Å². The summed E-state index contributed by atoms with van der Waals surface area (Å²) < 4.78 is 15.2. The highest BCUT2D eigenvalue weighted by atomic mass is 19.1. The largest absolute Gasteiger partial charge is 0.381 e. The van der Waals surface area contributed by atoms with Gasteiger partial charge >= 0.3 is 0 Å². The molecule has 0 unspecified atom stereocenters. The zero-order valence-corrected chi connectivity index (χ0v) is 11.8. The minimum Gasteiger partial charge on any atom is -0.381 e. The predicted molar refractivity (Wildman–Crippen MR) is 82.0 cm³/mol. The Hall–Kier alpha value is -2.62. The maximum absolute atomic E-state index is 13.2. The molecule has 3 rings (SSSR count). The maximum atomic E-state index is 13.2. The molecule has 0 aliphatic rings. The summed E-state index contributed by atoms with van der Waals surface area (Å²) in [7, 11) is 0. The van der Waals surface area contributed by atoms with Crippen LogP contribution in [0.1, 0.15) is 11.1 Å². The van der Waals surface area contributed by atoms with Gasteiger partial charge in [-0.15, -0.1) is 0 Å². The van der Waals surface area contributed by atoms with Crippen molar-refractivity contribution in [2.24, 2.45) is 0 Å². The summed E-state index contributed by atoms with van der Waals surface area (Å²) in [4.78, 5) is 4.03. The van der Waals surface area contributed by atoms with Gasteiger partial charge in [-0.2, -0.15) is 0 Å². The van der Waals surface area contributed by atoms with Crippen LogP contribution in [0.5, 0.6) is 0 Å². The molecule has 3 aromatic rings. The van der Waals surface area contributed by atoms with Crippen molar-refractivity contribution in [3.05, 3.63) is 78.1 Å². The van der Waals surface area contributed by atoms with Crippen LogP contribution in [0, 0.1) is 12.7 Å². The van der Waals surface area contributed by atoms with Crippen molar-refractivity contribution in [1.29, 1.82) is 0 Å². The summed E-state index contributed by atoms with van der Waals surface area (Å²) in [6.07, 6.45) is 5.44. The molecule has 1 heterocycles. The third-order valence-electron chi connectivity index (χ3n) is 3.39. The van der Waals surface area contributed by atoms with Crippen LogP contribution in [0.25, 0.3) is 5.69 Å². The van der Waals surface area contributed by atoms with Gasteiger partial charge in [0.2, 0.25) is 0 Å². The number of nitrogens with zero attached hydrogens (tertiary/aromatic N) is 2. The van der Waals surface area contributed by atoms with E-state index >= 15 is 0 Å². The molecule has 0 aliphatic carbocycles. The highest BCUT2D eigenvalue weighted by Gasteiger charge is 2.00. The molecule has 0 aliphatic heterocycles. The fourth-order valence-electron chi connectivity index (χ4n) is 2.16. The number of aromatic nitrogens is 2. The van der Waals surface area contributed by atoms with E-state index in [1.54, 1.807) is 25.5 Å². The quantitative estimate of drug-likeness (QED) is 0.785. The van der Waals surface area contributed by atoms with Gasteiger partial charge in [0.25, 0.3) is 0 Å². The Morgan fingerprint density at radius 1 is 1.14 bits per heavy atom. The van der Waals surface area contributed by atoms with Gasteiger partial charge in [0.1, 0.15) is 5.82 Å². The second-order valence-corrected chi connectivity index (χ2v) is 4.95. The van der Waals surface area contributed by atoms with E-state index in [1.807, 2.05) is 16.8 Å². The number of hydrogen-bond acceptors (Lipinski definition) is 2. The first-order chi connectivity index (χ1) is 10.2. The van der Waals surface area contributed by atoms with Crippen LogP contribution in [-0.4, -0.2) is 9.55 Å². The van der Waals surface area contributed by atoms with Crippen molar-refractivity contribution in [3.63, 3.8) is 0 Å². The van der Waals surface area contributed by atoms with Crippen LogP contribution in [0.15, 0.2) is 61.2 Å². The lowest BCUT2D eigenvalue weighted by Crippen LogP contribution is -2.00. The Balaban J connectivity index is 1.66. The molecule has 0 saturated carbocycles. The van der Waals surface area contributed by atoms with Crippen LogP contribution in [-0.2, 0) is 6.54 Å². The molecule has 0 saturated heterocycles. The molecule has 0 fully saturated rings. The highest BCUT2D eigenvalue weighted by molar-refractivity contribution is 5.46. The van der Waals surface area contributed by atoms with Crippen molar-refractivity contribution < 1.29 is 4.39 Å². The normalized spacial score (nSPS) is 10.6. The van der Waals surface area contributed by atoms with Gasteiger partial charge in [0, 0.05) is 30.3 Å². The average molecular weight is 281 g/mol. The van der Waals surface area contributed by atoms with Gasteiger partial charge in [-0.3, -0.25) is 0 Å². The van der Waals surface area contributed by atoms with Gasteiger partial charge in [-0.1, -0.05) is 12.1 Å². The van der Waals surface area contributed by atoms with E-state index in [4.69, 9.17) is 0 Å². The number of halogens is 1. The molecule has 0 bridgehead atoms. The zero-order valence-electron chi connectivity index (χ0n) is 11.8. The Kier molecular flexibility index (Phi) is 3.69. The van der Waals surface area contributed by atoms with E-state index < -0.39 is 0 Å². The second kappa shape index (κ2) is 5.79. The van der Waals surface area contributed by atoms with E-state index in [0.717, 1.165) is 11.4 Å². The molecule has 0 amide bonds. The summed E-state index contributed by atoms with van der Waals surface area (Å²) in [5, 5.41) is 3.30. The lowest BCUT2D eigenvalue weighted by Gasteiger charge is -2.09. The number of rotatable bonds is 4. The van der Waals surface area contributed by atoms with Crippen LogP contribution in [0.4, 0.5) is 10.1 Å². The third-order valence-corrected chi connectivity index (χ3v) is 3.39. The Morgan fingerprint density at radius 2 is 1.95 bits per heavy atom. The summed E-state index contributed by atoms with van der Waals surface area (Å²) in [6, 6.07) is 13.3. The van der Waals surface area contributed by atoms with E-state index in [2.05, 4.69) is 34.6 Å². The molecule has 106 valence electrons. The number of imidazole rings is 1. The van der Waals surface area contributed by atoms with Gasteiger partial charge in [-0.05, 0) is 48.4 Å². The molecule has 0 radical (unpaired) electrons. The molecule has 1 aromatic heterocycles. The molecule has 1 N–H and O–H groups in total. The molecule has 0 atom stereocenters. The second-order valence-electron chi connectivity index (χ2n) is 4.95. The molecule has 0 spiro atoms. The fraction of sp³-hybridized carbons (Fsp3) is 0.118. The topological polar surface area (TPSA) is 29.9 Å². The first-order valence-corrected chi connectivity index (χ1v) is 6.80. The number of benzene rings is 2. The monoisotopic (exact) mass is 281 g/mol. The summed E-state index contributed by atoms with van der Waals surface area (Å²) >= 11 is 0. The smallest absolute Gasteiger partial charge is 0.126 e. The lowest BCUT2D eigenvalue weighted by atomic mass is 10.2. The molecular weight excluding hydrogens is 265 g/mol. The van der Waals surface area contributed by atoms with Gasteiger partial charge < -0.3 is 9.88 Å². The summed E-state index contributed by atoms with van der Waals surface area (Å²) in [5.74, 6) is -0.176. The Labute approximate surface area is 123 Å². The molecule has 2 aromatic carbocycles. The van der Waals surface area contributed by atoms with Crippen molar-refractivity contribution in [2.75, 3.05) is 5.32 Å². The van der Waals surface area contributed by atoms with Crippen LogP contribution < -0.4 is 5.32 Å². The highest BCUT2D eigenvalue weighted by Crippen LogP contribution is 2.15. The SMILES string of the molecule is Cc1cc(NCc2ccc(-n3ccnc3)cc2)ccc1F. The summed E-state index contributed by atoms with van der Waals surface area (Å²) in [5.41, 5.74) is 3.82. The average Bonchev–Trinajstić information content (AvgIpc) is 3.03. The van der Waals surface area contributed by atoms with E-state index in [1.165, 1.54) is 11.6 Å². The van der Waals surface area contributed by atoms with E-state index in [9.17, 15) is 4.39 Å². The first-order valence-electron chi connectivity index (χ1n) is 6.80. The molecule has 3 nitrogen and oxygen atoms in total. The zero-order chi connectivity index (χ0) is 14.7. The van der Waals surface area contributed by atoms with Crippen molar-refractivity contribution in [2.45, 2.75) is 13.5 Å². The van der Waals surface area contributed by atoms with Gasteiger partial charge in [-0.25, -0.2) is 9.37 Å². The van der Waals surface area contributed by atoms with Crippen LogP contribution in [0.3, 0.4) is 0 Å². The van der Waals surface area contributed by atoms with Gasteiger partial charge in [0.05, 0.1) is 6.33 Å². The minimum absolute atomic E-state index is 0.176. The van der Waals surface area contributed by atoms with Crippen molar-refractivity contribution in [3.8, 4) is 5.69 Å². The summed E-state index contributed by atoms with van der Waals surface area (Å²) in [6.45, 7) is 2.47. The lowest BCUT2D eigenvalue weighted by molar-refractivity contribution is 0.618. The first kappa shape index (κ1) is 13.4. The Morgan fingerprint density at radius 3 is 2.62 bits per heavy atom. The van der Waals surface area contributed by atoms with Crippen molar-refractivity contribution >= 4 is 5.69 Å². The number of nitrogens with one attached hydrogen (secondary N) is 1. The van der Waals surface area contributed by atoms with Crippen LogP contribution >= 0.6 is 0 Å².